The highest BCUT2D eigenvalue weighted by Gasteiger charge is 2.32. The minimum atomic E-state index is -1.19. The summed E-state index contributed by atoms with van der Waals surface area (Å²) in [6.07, 6.45) is 1.71. The summed E-state index contributed by atoms with van der Waals surface area (Å²) in [5.74, 6) is -1.92. The van der Waals surface area contributed by atoms with Crippen molar-refractivity contribution in [2.45, 2.75) is 0 Å². The average molecular weight is 535 g/mol. The van der Waals surface area contributed by atoms with E-state index in [0.29, 0.717) is 16.5 Å². The first-order valence-electron chi connectivity index (χ1n) is 11.2. The molecule has 3 aromatic rings. The van der Waals surface area contributed by atoms with E-state index in [4.69, 9.17) is 11.6 Å². The predicted molar refractivity (Wildman–Crippen MR) is 150 cm³/mol. The van der Waals surface area contributed by atoms with Gasteiger partial charge in [0.15, 0.2) is 5.17 Å². The topological polar surface area (TPSA) is 102 Å². The Bertz CT molecular complexity index is 1410. The van der Waals surface area contributed by atoms with E-state index in [0.717, 1.165) is 23.0 Å². The molecular weight excluding hydrogens is 512 g/mol. The Labute approximate surface area is 223 Å². The number of carbonyl (C=O) groups is 3. The summed E-state index contributed by atoms with van der Waals surface area (Å²) in [4.78, 5) is 45.3. The predicted octanol–water partition coefficient (Wildman–Crippen LogP) is 5.22. The van der Waals surface area contributed by atoms with E-state index >= 15 is 0 Å². The van der Waals surface area contributed by atoms with Crippen LogP contribution in [-0.2, 0) is 9.59 Å². The lowest BCUT2D eigenvalue weighted by molar-refractivity contribution is -0.114. The van der Waals surface area contributed by atoms with Crippen molar-refractivity contribution in [1.29, 1.82) is 0 Å². The molecule has 188 valence electrons. The Morgan fingerprint density at radius 1 is 1.08 bits per heavy atom. The lowest BCUT2D eigenvalue weighted by Gasteiger charge is -2.17. The number of benzene rings is 3. The average Bonchev–Trinajstić information content (AvgIpc) is 3.19. The van der Waals surface area contributed by atoms with Crippen molar-refractivity contribution < 1.29 is 19.5 Å². The summed E-state index contributed by atoms with van der Waals surface area (Å²) in [5.41, 5.74) is 2.95. The zero-order valence-electron chi connectivity index (χ0n) is 20.0. The molecule has 0 atom stereocenters. The lowest BCUT2D eigenvalue weighted by Crippen LogP contribution is -2.31. The van der Waals surface area contributed by atoms with Gasteiger partial charge in [-0.05, 0) is 54.1 Å². The van der Waals surface area contributed by atoms with Gasteiger partial charge in [-0.2, -0.15) is 0 Å². The number of anilines is 3. The molecule has 4 rings (SSSR count). The number of nitrogens with zero attached hydrogens (tertiary/aromatic N) is 3. The molecule has 0 aliphatic carbocycles. The molecule has 0 saturated heterocycles. The third-order valence-electron chi connectivity index (χ3n) is 5.37. The van der Waals surface area contributed by atoms with E-state index in [1.165, 1.54) is 23.1 Å². The minimum absolute atomic E-state index is 0.0503. The number of carbonyl (C=O) groups excluding carboxylic acids is 2. The molecule has 0 aromatic heterocycles. The zero-order valence-corrected chi connectivity index (χ0v) is 21.6. The van der Waals surface area contributed by atoms with Gasteiger partial charge >= 0.3 is 5.97 Å². The highest BCUT2D eigenvalue weighted by molar-refractivity contribution is 8.14. The maximum absolute atomic E-state index is 13.3. The second kappa shape index (κ2) is 11.3. The Balaban J connectivity index is 1.54. The van der Waals surface area contributed by atoms with Crippen LogP contribution in [0.5, 0.6) is 0 Å². The Morgan fingerprint density at radius 3 is 2.43 bits per heavy atom. The summed E-state index contributed by atoms with van der Waals surface area (Å²) in [7, 11) is 3.90. The molecule has 1 heterocycles. The normalized spacial score (nSPS) is 14.0. The molecule has 0 radical (unpaired) electrons. The molecule has 37 heavy (non-hydrogen) atoms. The first kappa shape index (κ1) is 26.0. The van der Waals surface area contributed by atoms with Crippen molar-refractivity contribution in [3.05, 3.63) is 94.6 Å². The third-order valence-corrected chi connectivity index (χ3v) is 6.64. The standard InChI is InChI=1S/C27H23ClN4O4S/c1-31(2)19-11-8-17(9-12-19)14-23-25(34)32(20-6-4-3-5-7-20)27(30-23)37-16-24(33)29-18-10-13-22(28)21(15-18)26(35)36/h3-15H,16H2,1-2H3,(H,29,33)(H,35,36)/b23-14-. The SMILES string of the molecule is CN(C)c1ccc(/C=C2\N=C(SCC(=O)Nc3ccc(Cl)c(C(=O)O)c3)N(c3ccccc3)C2=O)cc1. The molecule has 0 unspecified atom stereocenters. The Morgan fingerprint density at radius 2 is 1.78 bits per heavy atom. The third kappa shape index (κ3) is 6.19. The number of amides is 2. The van der Waals surface area contributed by atoms with Crippen molar-refractivity contribution >= 4 is 69.5 Å². The summed E-state index contributed by atoms with van der Waals surface area (Å²) in [5, 5.41) is 12.3. The summed E-state index contributed by atoms with van der Waals surface area (Å²) in [6.45, 7) is 0. The van der Waals surface area contributed by atoms with Crippen LogP contribution in [0, 0.1) is 0 Å². The fraction of sp³-hybridized carbons (Fsp3) is 0.111. The van der Waals surface area contributed by atoms with Crippen LogP contribution in [0.25, 0.3) is 6.08 Å². The van der Waals surface area contributed by atoms with Gasteiger partial charge in [0.1, 0.15) is 5.70 Å². The number of carboxylic acid groups (broad SMARTS) is 1. The number of hydrogen-bond acceptors (Lipinski definition) is 6. The summed E-state index contributed by atoms with van der Waals surface area (Å²) < 4.78 is 0. The van der Waals surface area contributed by atoms with Crippen molar-refractivity contribution in [1.82, 2.24) is 0 Å². The van der Waals surface area contributed by atoms with Gasteiger partial charge in [0, 0.05) is 25.5 Å². The van der Waals surface area contributed by atoms with Crippen LogP contribution in [0.15, 0.2) is 83.5 Å². The number of aliphatic imine (C=N–C) groups is 1. The molecule has 0 bridgehead atoms. The van der Waals surface area contributed by atoms with Crippen LogP contribution in [-0.4, -0.2) is 47.9 Å². The van der Waals surface area contributed by atoms with Crippen LogP contribution in [0.4, 0.5) is 17.1 Å². The number of amidine groups is 1. The van der Waals surface area contributed by atoms with Crippen LogP contribution in [0.2, 0.25) is 5.02 Å². The van der Waals surface area contributed by atoms with Gasteiger partial charge in [0.25, 0.3) is 5.91 Å². The number of nitrogens with one attached hydrogen (secondary N) is 1. The Hall–Kier alpha value is -4.08. The largest absolute Gasteiger partial charge is 0.478 e. The second-order valence-electron chi connectivity index (χ2n) is 8.22. The molecule has 10 heteroatoms. The fourth-order valence-electron chi connectivity index (χ4n) is 3.52. The quantitative estimate of drug-likeness (QED) is 0.403. The molecule has 1 aliphatic rings. The van der Waals surface area contributed by atoms with Gasteiger partial charge in [-0.15, -0.1) is 0 Å². The lowest BCUT2D eigenvalue weighted by atomic mass is 10.1. The van der Waals surface area contributed by atoms with Crippen LogP contribution < -0.4 is 15.1 Å². The highest BCUT2D eigenvalue weighted by Crippen LogP contribution is 2.30. The maximum Gasteiger partial charge on any atom is 0.337 e. The molecular formula is C27H23ClN4O4S. The summed E-state index contributed by atoms with van der Waals surface area (Å²) >= 11 is 7.00. The summed E-state index contributed by atoms with van der Waals surface area (Å²) in [6, 6.07) is 21.0. The van der Waals surface area contributed by atoms with Gasteiger partial charge < -0.3 is 15.3 Å². The molecule has 0 spiro atoms. The van der Waals surface area contributed by atoms with Crippen molar-refractivity contribution in [2.75, 3.05) is 35.0 Å². The Kier molecular flexibility index (Phi) is 7.95. The molecule has 3 aromatic carbocycles. The van der Waals surface area contributed by atoms with E-state index < -0.39 is 5.97 Å². The number of thioether (sulfide) groups is 1. The minimum Gasteiger partial charge on any atom is -0.478 e. The van der Waals surface area contributed by atoms with E-state index in [2.05, 4.69) is 10.3 Å². The van der Waals surface area contributed by atoms with Gasteiger partial charge in [0.05, 0.1) is 22.0 Å². The number of hydrogen-bond donors (Lipinski definition) is 2. The van der Waals surface area contributed by atoms with E-state index in [9.17, 15) is 19.5 Å². The van der Waals surface area contributed by atoms with Gasteiger partial charge in [-0.25, -0.2) is 9.79 Å². The van der Waals surface area contributed by atoms with Crippen molar-refractivity contribution in [2.24, 2.45) is 4.99 Å². The molecule has 0 fully saturated rings. The van der Waals surface area contributed by atoms with Gasteiger partial charge in [0.2, 0.25) is 5.91 Å². The highest BCUT2D eigenvalue weighted by atomic mass is 35.5. The number of halogens is 1. The van der Waals surface area contributed by atoms with Crippen LogP contribution in [0.1, 0.15) is 15.9 Å². The van der Waals surface area contributed by atoms with Gasteiger partial charge in [-0.1, -0.05) is 53.7 Å². The molecule has 8 nitrogen and oxygen atoms in total. The monoisotopic (exact) mass is 534 g/mol. The maximum atomic E-state index is 13.3. The van der Waals surface area contributed by atoms with Gasteiger partial charge in [-0.3, -0.25) is 14.5 Å². The first-order valence-corrected chi connectivity index (χ1v) is 12.5. The smallest absolute Gasteiger partial charge is 0.337 e. The number of aromatic carboxylic acids is 1. The number of rotatable bonds is 7. The van der Waals surface area contributed by atoms with Crippen molar-refractivity contribution in [3.63, 3.8) is 0 Å². The molecule has 2 N–H and O–H groups in total. The van der Waals surface area contributed by atoms with Crippen LogP contribution in [0.3, 0.4) is 0 Å². The number of para-hydroxylation sites is 1. The van der Waals surface area contributed by atoms with E-state index in [1.54, 1.807) is 18.2 Å². The second-order valence-corrected chi connectivity index (χ2v) is 9.57. The van der Waals surface area contributed by atoms with Crippen molar-refractivity contribution in [3.8, 4) is 0 Å². The van der Waals surface area contributed by atoms with Crippen LogP contribution >= 0.6 is 23.4 Å². The zero-order chi connectivity index (χ0) is 26.5. The van der Waals surface area contributed by atoms with E-state index in [-0.39, 0.29) is 33.9 Å². The molecule has 1 aliphatic heterocycles. The fourth-order valence-corrected chi connectivity index (χ4v) is 4.53. The van der Waals surface area contributed by atoms with E-state index in [1.807, 2.05) is 61.5 Å². The first-order chi connectivity index (χ1) is 17.7. The molecule has 2 amide bonds. The molecule has 0 saturated carbocycles. The number of carboxylic acids is 1.